The van der Waals surface area contributed by atoms with E-state index in [0.717, 1.165) is 31.6 Å². The number of benzene rings is 2. The normalized spacial score (nSPS) is 15.8. The number of carbonyl (C=O) groups is 2. The second-order valence-corrected chi connectivity index (χ2v) is 6.34. The molecule has 0 aliphatic carbocycles. The summed E-state index contributed by atoms with van der Waals surface area (Å²) in [7, 11) is 0. The lowest BCUT2D eigenvalue weighted by atomic mass is 10.0. The highest BCUT2D eigenvalue weighted by atomic mass is 35.5. The minimum Gasteiger partial charge on any atom is -0.326 e. The van der Waals surface area contributed by atoms with Gasteiger partial charge in [-0.2, -0.15) is 0 Å². The van der Waals surface area contributed by atoms with Crippen LogP contribution in [0.25, 0.3) is 0 Å². The van der Waals surface area contributed by atoms with Gasteiger partial charge in [0.1, 0.15) is 0 Å². The van der Waals surface area contributed by atoms with Gasteiger partial charge in [-0.1, -0.05) is 18.2 Å². The molecule has 1 aliphatic rings. The molecule has 3 N–H and O–H groups in total. The number of halogens is 1. The van der Waals surface area contributed by atoms with Gasteiger partial charge >= 0.3 is 0 Å². The predicted molar refractivity (Wildman–Crippen MR) is 107 cm³/mol. The third kappa shape index (κ3) is 5.86. The van der Waals surface area contributed by atoms with Crippen LogP contribution in [0.1, 0.15) is 29.6 Å². The van der Waals surface area contributed by atoms with Crippen LogP contribution >= 0.6 is 12.4 Å². The van der Waals surface area contributed by atoms with Crippen LogP contribution in [0.3, 0.4) is 0 Å². The number of amides is 2. The molecule has 0 aromatic heterocycles. The molecule has 2 aromatic carbocycles. The summed E-state index contributed by atoms with van der Waals surface area (Å²) < 4.78 is 0. The summed E-state index contributed by atoms with van der Waals surface area (Å²) in [5, 5.41) is 9.04. The molecule has 2 aromatic rings. The first-order valence-corrected chi connectivity index (χ1v) is 8.68. The van der Waals surface area contributed by atoms with Crippen LogP contribution in [0.2, 0.25) is 0 Å². The van der Waals surface area contributed by atoms with Crippen molar-refractivity contribution in [3.63, 3.8) is 0 Å². The number of anilines is 2. The number of rotatable bonds is 6. The molecule has 0 saturated carbocycles. The smallest absolute Gasteiger partial charge is 0.255 e. The number of hydrogen-bond donors (Lipinski definition) is 3. The number of carbonyl (C=O) groups excluding carboxylic acids is 2. The van der Waals surface area contributed by atoms with Crippen LogP contribution < -0.4 is 16.0 Å². The van der Waals surface area contributed by atoms with E-state index < -0.39 is 0 Å². The van der Waals surface area contributed by atoms with Crippen molar-refractivity contribution in [2.75, 3.05) is 23.7 Å². The van der Waals surface area contributed by atoms with Gasteiger partial charge in [0.15, 0.2) is 0 Å². The highest BCUT2D eigenvalue weighted by molar-refractivity contribution is 6.04. The summed E-state index contributed by atoms with van der Waals surface area (Å²) in [6.45, 7) is 2.07. The molecule has 1 heterocycles. The standard InChI is InChI=1S/C20H23N3O2.ClH/c24-19(11-6-15-12-13-21-14-15)22-18-9-7-16(8-10-18)20(25)23-17-4-2-1-3-5-17;/h1-5,7-10,15,21H,6,11-14H2,(H,22,24)(H,23,25);1H. The number of para-hydroxylation sites is 1. The largest absolute Gasteiger partial charge is 0.326 e. The van der Waals surface area contributed by atoms with Crippen LogP contribution in [0, 0.1) is 5.92 Å². The Hall–Kier alpha value is -2.37. The van der Waals surface area contributed by atoms with E-state index >= 15 is 0 Å². The molecule has 0 bridgehead atoms. The first-order chi connectivity index (χ1) is 12.2. The van der Waals surface area contributed by atoms with Crippen LogP contribution in [-0.4, -0.2) is 24.9 Å². The second-order valence-electron chi connectivity index (χ2n) is 6.34. The van der Waals surface area contributed by atoms with Crippen molar-refractivity contribution < 1.29 is 9.59 Å². The molecular formula is C20H24ClN3O2. The summed E-state index contributed by atoms with van der Waals surface area (Å²) in [6, 6.07) is 16.3. The lowest BCUT2D eigenvalue weighted by Gasteiger charge is -2.09. The highest BCUT2D eigenvalue weighted by Gasteiger charge is 2.15. The highest BCUT2D eigenvalue weighted by Crippen LogP contribution is 2.16. The average Bonchev–Trinajstić information content (AvgIpc) is 3.15. The molecule has 1 saturated heterocycles. The molecule has 5 nitrogen and oxygen atoms in total. The van der Waals surface area contributed by atoms with Gasteiger partial charge in [-0.3, -0.25) is 9.59 Å². The maximum Gasteiger partial charge on any atom is 0.255 e. The lowest BCUT2D eigenvalue weighted by molar-refractivity contribution is -0.116. The molecule has 0 radical (unpaired) electrons. The molecule has 26 heavy (non-hydrogen) atoms. The van der Waals surface area contributed by atoms with E-state index in [9.17, 15) is 9.59 Å². The van der Waals surface area contributed by atoms with Crippen LogP contribution in [0.15, 0.2) is 54.6 Å². The Morgan fingerprint density at radius 2 is 1.65 bits per heavy atom. The second kappa shape index (κ2) is 9.94. The Morgan fingerprint density at radius 1 is 0.962 bits per heavy atom. The van der Waals surface area contributed by atoms with Crippen LogP contribution in [0.4, 0.5) is 11.4 Å². The predicted octanol–water partition coefficient (Wildman–Crippen LogP) is 3.69. The first kappa shape index (κ1) is 19.9. The molecule has 0 spiro atoms. The fourth-order valence-electron chi connectivity index (χ4n) is 2.95. The summed E-state index contributed by atoms with van der Waals surface area (Å²) in [6.07, 6.45) is 2.59. The van der Waals surface area contributed by atoms with E-state index in [4.69, 9.17) is 0 Å². The Kier molecular flexibility index (Phi) is 7.63. The SMILES string of the molecule is Cl.O=C(CCC1CCNC1)Nc1ccc(C(=O)Nc2ccccc2)cc1. The third-order valence-electron chi connectivity index (χ3n) is 4.40. The number of hydrogen-bond acceptors (Lipinski definition) is 3. The average molecular weight is 374 g/mol. The number of nitrogens with one attached hydrogen (secondary N) is 3. The topological polar surface area (TPSA) is 70.2 Å². The maximum absolute atomic E-state index is 12.2. The van der Waals surface area contributed by atoms with Crippen LogP contribution in [-0.2, 0) is 4.79 Å². The van der Waals surface area contributed by atoms with Gasteiger partial charge in [-0.15, -0.1) is 12.4 Å². The Bertz CT molecular complexity index is 714. The van der Waals surface area contributed by atoms with Gasteiger partial charge in [-0.05, 0) is 68.2 Å². The molecular weight excluding hydrogens is 350 g/mol. The van der Waals surface area contributed by atoms with Crippen molar-refractivity contribution in [3.05, 3.63) is 60.2 Å². The van der Waals surface area contributed by atoms with Gasteiger partial charge < -0.3 is 16.0 Å². The molecule has 1 atom stereocenters. The minimum absolute atomic E-state index is 0. The fraction of sp³-hybridized carbons (Fsp3) is 0.300. The first-order valence-electron chi connectivity index (χ1n) is 8.68. The zero-order chi connectivity index (χ0) is 17.5. The quantitative estimate of drug-likeness (QED) is 0.723. The van der Waals surface area contributed by atoms with Gasteiger partial charge in [0, 0.05) is 23.4 Å². The van der Waals surface area contributed by atoms with Crippen molar-refractivity contribution >= 4 is 35.6 Å². The molecule has 138 valence electrons. The van der Waals surface area contributed by atoms with Crippen molar-refractivity contribution in [1.82, 2.24) is 5.32 Å². The van der Waals surface area contributed by atoms with Gasteiger partial charge in [-0.25, -0.2) is 0 Å². The molecule has 1 aliphatic heterocycles. The van der Waals surface area contributed by atoms with Crippen molar-refractivity contribution in [1.29, 1.82) is 0 Å². The summed E-state index contributed by atoms with van der Waals surface area (Å²) in [4.78, 5) is 24.2. The van der Waals surface area contributed by atoms with E-state index in [-0.39, 0.29) is 24.2 Å². The minimum atomic E-state index is -0.169. The summed E-state index contributed by atoms with van der Waals surface area (Å²) in [5.41, 5.74) is 2.02. The van der Waals surface area contributed by atoms with Crippen molar-refractivity contribution in [3.8, 4) is 0 Å². The Labute approximate surface area is 160 Å². The Balaban J connectivity index is 0.00000243. The zero-order valence-electron chi connectivity index (χ0n) is 14.5. The fourth-order valence-corrected chi connectivity index (χ4v) is 2.95. The molecule has 1 unspecified atom stereocenters. The van der Waals surface area contributed by atoms with Crippen LogP contribution in [0.5, 0.6) is 0 Å². The third-order valence-corrected chi connectivity index (χ3v) is 4.40. The van der Waals surface area contributed by atoms with E-state index in [1.807, 2.05) is 30.3 Å². The summed E-state index contributed by atoms with van der Waals surface area (Å²) in [5.74, 6) is 0.459. The van der Waals surface area contributed by atoms with E-state index in [2.05, 4.69) is 16.0 Å². The molecule has 1 fully saturated rings. The van der Waals surface area contributed by atoms with E-state index in [1.54, 1.807) is 24.3 Å². The lowest BCUT2D eigenvalue weighted by Crippen LogP contribution is -2.15. The molecule has 6 heteroatoms. The Morgan fingerprint density at radius 3 is 2.31 bits per heavy atom. The molecule has 2 amide bonds. The molecule has 3 rings (SSSR count). The van der Waals surface area contributed by atoms with Gasteiger partial charge in [0.2, 0.25) is 5.91 Å². The van der Waals surface area contributed by atoms with Gasteiger partial charge in [0.05, 0.1) is 0 Å². The zero-order valence-corrected chi connectivity index (χ0v) is 15.4. The maximum atomic E-state index is 12.2. The van der Waals surface area contributed by atoms with Gasteiger partial charge in [0.25, 0.3) is 5.91 Å². The monoisotopic (exact) mass is 373 g/mol. The van der Waals surface area contributed by atoms with E-state index in [1.165, 1.54) is 0 Å². The van der Waals surface area contributed by atoms with E-state index in [0.29, 0.717) is 23.6 Å². The summed E-state index contributed by atoms with van der Waals surface area (Å²) >= 11 is 0. The van der Waals surface area contributed by atoms with Crippen molar-refractivity contribution in [2.24, 2.45) is 5.92 Å². The van der Waals surface area contributed by atoms with Crippen molar-refractivity contribution in [2.45, 2.75) is 19.3 Å².